The lowest BCUT2D eigenvalue weighted by molar-refractivity contribution is -0.0468. The van der Waals surface area contributed by atoms with E-state index in [0.29, 0.717) is 11.3 Å². The average molecular weight is 398 g/mol. The predicted octanol–water partition coefficient (Wildman–Crippen LogP) is 6.49. The fourth-order valence-electron chi connectivity index (χ4n) is 7.97. The van der Waals surface area contributed by atoms with E-state index in [2.05, 4.69) is 39.2 Å². The van der Waals surface area contributed by atoms with E-state index in [9.17, 15) is 5.11 Å². The first kappa shape index (κ1) is 19.1. The van der Waals surface area contributed by atoms with Gasteiger partial charge < -0.3 is 5.11 Å². The Bertz CT molecular complexity index is 824. The molecular formula is C25H35NOS. The summed E-state index contributed by atoms with van der Waals surface area (Å²) >= 11 is 1.73. The SMILES string of the molecule is CC[C@H]1C=C2C[C@@H](O)CC[C@]2(C)[C@H]2CC[C@]3(C)C(c4cscn4)=C(C)C[C@H]3[C@H]12. The van der Waals surface area contributed by atoms with Crippen molar-refractivity contribution in [3.63, 3.8) is 0 Å². The van der Waals surface area contributed by atoms with Crippen molar-refractivity contribution < 1.29 is 5.11 Å². The largest absolute Gasteiger partial charge is 0.393 e. The van der Waals surface area contributed by atoms with Crippen LogP contribution in [0.25, 0.3) is 5.57 Å². The van der Waals surface area contributed by atoms with Gasteiger partial charge in [-0.3, -0.25) is 0 Å². The van der Waals surface area contributed by atoms with Crippen LogP contribution in [0.4, 0.5) is 0 Å². The fraction of sp³-hybridized carbons (Fsp3) is 0.720. The van der Waals surface area contributed by atoms with Gasteiger partial charge in [-0.25, -0.2) is 4.98 Å². The van der Waals surface area contributed by atoms with Gasteiger partial charge in [-0.15, -0.1) is 11.3 Å². The average Bonchev–Trinajstić information content (AvgIpc) is 3.26. The van der Waals surface area contributed by atoms with Gasteiger partial charge in [-0.2, -0.15) is 0 Å². The molecule has 2 saturated carbocycles. The molecule has 1 aromatic heterocycles. The van der Waals surface area contributed by atoms with E-state index >= 15 is 0 Å². The summed E-state index contributed by atoms with van der Waals surface area (Å²) in [5, 5.41) is 12.6. The number of aliphatic hydroxyl groups is 1. The number of allylic oxidation sites excluding steroid dienone is 3. The predicted molar refractivity (Wildman–Crippen MR) is 117 cm³/mol. The van der Waals surface area contributed by atoms with Gasteiger partial charge in [-0.05, 0) is 91.9 Å². The van der Waals surface area contributed by atoms with Gasteiger partial charge in [0.05, 0.1) is 17.3 Å². The second kappa shape index (κ2) is 6.54. The Morgan fingerprint density at radius 3 is 2.64 bits per heavy atom. The Labute approximate surface area is 174 Å². The van der Waals surface area contributed by atoms with Crippen LogP contribution in [0.1, 0.15) is 78.3 Å². The van der Waals surface area contributed by atoms with Crippen LogP contribution < -0.4 is 0 Å². The van der Waals surface area contributed by atoms with Gasteiger partial charge in [0.2, 0.25) is 0 Å². The summed E-state index contributed by atoms with van der Waals surface area (Å²) in [4.78, 5) is 4.74. The topological polar surface area (TPSA) is 33.1 Å². The van der Waals surface area contributed by atoms with Crippen LogP contribution in [0.2, 0.25) is 0 Å². The van der Waals surface area contributed by atoms with Gasteiger partial charge in [-0.1, -0.05) is 38.0 Å². The van der Waals surface area contributed by atoms with Crippen molar-refractivity contribution in [1.82, 2.24) is 4.98 Å². The third-order valence-electron chi connectivity index (χ3n) is 9.32. The van der Waals surface area contributed by atoms with E-state index in [1.54, 1.807) is 28.1 Å². The zero-order chi connectivity index (χ0) is 19.7. The minimum atomic E-state index is -0.117. The third-order valence-corrected chi connectivity index (χ3v) is 9.91. The van der Waals surface area contributed by atoms with E-state index in [0.717, 1.165) is 30.6 Å². The smallest absolute Gasteiger partial charge is 0.0798 e. The monoisotopic (exact) mass is 397 g/mol. The van der Waals surface area contributed by atoms with Crippen LogP contribution in [-0.4, -0.2) is 16.2 Å². The van der Waals surface area contributed by atoms with Crippen molar-refractivity contribution in [2.45, 2.75) is 78.7 Å². The van der Waals surface area contributed by atoms with Crippen molar-refractivity contribution in [3.8, 4) is 0 Å². The molecule has 0 aliphatic heterocycles. The Kier molecular flexibility index (Phi) is 4.45. The molecule has 0 bridgehead atoms. The van der Waals surface area contributed by atoms with Crippen molar-refractivity contribution in [3.05, 3.63) is 33.8 Å². The quantitative estimate of drug-likeness (QED) is 0.579. The highest BCUT2D eigenvalue weighted by Gasteiger charge is 2.59. The molecule has 0 saturated heterocycles. The molecule has 3 heteroatoms. The van der Waals surface area contributed by atoms with Gasteiger partial charge in [0.1, 0.15) is 0 Å². The Morgan fingerprint density at radius 2 is 1.93 bits per heavy atom. The molecule has 4 aliphatic carbocycles. The van der Waals surface area contributed by atoms with Gasteiger partial charge in [0.25, 0.3) is 0 Å². The number of fused-ring (bicyclic) bond motifs is 5. The summed E-state index contributed by atoms with van der Waals surface area (Å²) in [7, 11) is 0. The van der Waals surface area contributed by atoms with E-state index in [1.807, 2.05) is 5.51 Å². The summed E-state index contributed by atoms with van der Waals surface area (Å²) in [5.74, 6) is 2.98. The van der Waals surface area contributed by atoms with Crippen LogP contribution in [0, 0.1) is 34.5 Å². The molecule has 28 heavy (non-hydrogen) atoms. The highest BCUT2D eigenvalue weighted by atomic mass is 32.1. The van der Waals surface area contributed by atoms with E-state index in [4.69, 9.17) is 4.98 Å². The molecule has 5 rings (SSSR count). The zero-order valence-corrected chi connectivity index (χ0v) is 18.7. The lowest BCUT2D eigenvalue weighted by Gasteiger charge is -2.59. The first-order valence-electron chi connectivity index (χ1n) is 11.4. The Balaban J connectivity index is 1.57. The Hall–Kier alpha value is -0.930. The summed E-state index contributed by atoms with van der Waals surface area (Å²) in [6.07, 6.45) is 10.7. The number of thiazole rings is 1. The summed E-state index contributed by atoms with van der Waals surface area (Å²) < 4.78 is 0. The highest BCUT2D eigenvalue weighted by Crippen LogP contribution is 2.68. The molecule has 2 fully saturated rings. The molecule has 1 aromatic rings. The van der Waals surface area contributed by atoms with Crippen LogP contribution in [0.3, 0.4) is 0 Å². The zero-order valence-electron chi connectivity index (χ0n) is 17.9. The standard InChI is InChI=1S/C25H35NOS/c1-5-16-11-17-12-18(27)6-8-24(17,3)19-7-9-25(4)20(22(16)19)10-15(2)23(25)21-13-28-14-26-21/h11,13-14,16,18-20,22,27H,5-10,12H2,1-4H3/t16-,18-,19-,20-,22+,24-,25-/m0/s1. The summed E-state index contributed by atoms with van der Waals surface area (Å²) in [6, 6.07) is 0. The molecular weight excluding hydrogens is 362 g/mol. The van der Waals surface area contributed by atoms with E-state index < -0.39 is 0 Å². The van der Waals surface area contributed by atoms with Crippen LogP contribution in [0.15, 0.2) is 28.1 Å². The molecule has 0 aromatic carbocycles. The molecule has 1 heterocycles. The van der Waals surface area contributed by atoms with E-state index in [1.165, 1.54) is 37.8 Å². The maximum atomic E-state index is 10.3. The first-order chi connectivity index (χ1) is 13.4. The third kappa shape index (κ3) is 2.51. The second-order valence-corrected chi connectivity index (χ2v) is 11.3. The van der Waals surface area contributed by atoms with Gasteiger partial charge >= 0.3 is 0 Å². The van der Waals surface area contributed by atoms with Crippen molar-refractivity contribution in [1.29, 1.82) is 0 Å². The number of hydrogen-bond acceptors (Lipinski definition) is 3. The summed E-state index contributed by atoms with van der Waals surface area (Å²) in [6.45, 7) is 9.84. The number of hydrogen-bond donors (Lipinski definition) is 1. The molecule has 2 nitrogen and oxygen atoms in total. The molecule has 7 atom stereocenters. The molecule has 0 radical (unpaired) electrons. The molecule has 152 valence electrons. The minimum absolute atomic E-state index is 0.117. The second-order valence-electron chi connectivity index (χ2n) is 10.6. The van der Waals surface area contributed by atoms with Crippen molar-refractivity contribution >= 4 is 16.9 Å². The van der Waals surface area contributed by atoms with Gasteiger partial charge in [0, 0.05) is 5.38 Å². The van der Waals surface area contributed by atoms with Gasteiger partial charge in [0.15, 0.2) is 0 Å². The van der Waals surface area contributed by atoms with Crippen LogP contribution in [0.5, 0.6) is 0 Å². The molecule has 0 unspecified atom stereocenters. The fourth-order valence-corrected chi connectivity index (χ4v) is 8.52. The number of aromatic nitrogens is 1. The lowest BCUT2D eigenvalue weighted by atomic mass is 9.45. The van der Waals surface area contributed by atoms with Crippen LogP contribution in [-0.2, 0) is 0 Å². The first-order valence-corrected chi connectivity index (χ1v) is 12.3. The lowest BCUT2D eigenvalue weighted by Crippen LogP contribution is -2.52. The highest BCUT2D eigenvalue weighted by molar-refractivity contribution is 7.07. The van der Waals surface area contributed by atoms with E-state index in [-0.39, 0.29) is 11.5 Å². The minimum Gasteiger partial charge on any atom is -0.393 e. The number of rotatable bonds is 2. The number of nitrogens with zero attached hydrogens (tertiary/aromatic N) is 1. The maximum absolute atomic E-state index is 10.3. The molecule has 4 aliphatic rings. The van der Waals surface area contributed by atoms with Crippen LogP contribution >= 0.6 is 11.3 Å². The summed E-state index contributed by atoms with van der Waals surface area (Å²) in [5.41, 5.74) is 8.59. The Morgan fingerprint density at radius 1 is 1.14 bits per heavy atom. The van der Waals surface area contributed by atoms with Crippen molar-refractivity contribution in [2.24, 2.45) is 34.5 Å². The normalized spacial score (nSPS) is 45.3. The van der Waals surface area contributed by atoms with Crippen molar-refractivity contribution in [2.75, 3.05) is 0 Å². The number of aliphatic hydroxyl groups excluding tert-OH is 1. The molecule has 0 amide bonds. The molecule has 0 spiro atoms. The maximum Gasteiger partial charge on any atom is 0.0798 e. The molecule has 1 N–H and O–H groups in total.